The van der Waals surface area contributed by atoms with Crippen LogP contribution in [-0.2, 0) is 19.0 Å². The number of aromatic nitrogens is 2. The van der Waals surface area contributed by atoms with Gasteiger partial charge in [0.1, 0.15) is 29.8 Å². The summed E-state index contributed by atoms with van der Waals surface area (Å²) in [6, 6.07) is 7.50. The van der Waals surface area contributed by atoms with Gasteiger partial charge in [0, 0.05) is 17.4 Å². The van der Waals surface area contributed by atoms with Gasteiger partial charge < -0.3 is 39.7 Å². The topological polar surface area (TPSA) is 188 Å². The highest BCUT2D eigenvalue weighted by Gasteiger charge is 2.46. The number of likely N-dealkylation sites (N-methyl/N-ethyl adjacent to an activating group) is 1. The fourth-order valence-electron chi connectivity index (χ4n) is 6.07. The van der Waals surface area contributed by atoms with Crippen molar-refractivity contribution >= 4 is 23.3 Å². The molecule has 4 heterocycles. The highest BCUT2D eigenvalue weighted by atomic mass is 16.7. The summed E-state index contributed by atoms with van der Waals surface area (Å²) in [6.07, 6.45) is -2.78. The summed E-state index contributed by atoms with van der Waals surface area (Å²) in [7, 11) is 3.62. The van der Waals surface area contributed by atoms with Crippen LogP contribution in [0.4, 0.5) is 11.5 Å². The minimum atomic E-state index is -1.24. The number of nitrogens with one attached hydrogen (secondary N) is 2. The van der Waals surface area contributed by atoms with Crippen molar-refractivity contribution in [3.63, 3.8) is 0 Å². The van der Waals surface area contributed by atoms with Crippen molar-refractivity contribution in [2.24, 2.45) is 0 Å². The number of aliphatic hydroxyl groups is 3. The van der Waals surface area contributed by atoms with Gasteiger partial charge in [0.2, 0.25) is 0 Å². The lowest BCUT2D eigenvalue weighted by atomic mass is 9.96. The lowest BCUT2D eigenvalue weighted by molar-refractivity contribution is -0.310. The first-order valence-corrected chi connectivity index (χ1v) is 15.0. The van der Waals surface area contributed by atoms with Crippen molar-refractivity contribution in [3.8, 4) is 0 Å². The first-order valence-electron chi connectivity index (χ1n) is 15.0. The minimum absolute atomic E-state index is 0.0696. The third kappa shape index (κ3) is 6.66. The van der Waals surface area contributed by atoms with E-state index < -0.39 is 54.1 Å². The highest BCUT2D eigenvalue weighted by Crippen LogP contribution is 2.32. The van der Waals surface area contributed by atoms with E-state index in [0.29, 0.717) is 24.1 Å². The summed E-state index contributed by atoms with van der Waals surface area (Å²) >= 11 is 0. The predicted octanol–water partition coefficient (Wildman–Crippen LogP) is -0.380. The van der Waals surface area contributed by atoms with Crippen LogP contribution in [0.25, 0.3) is 0 Å². The van der Waals surface area contributed by atoms with Crippen molar-refractivity contribution in [1.29, 1.82) is 0 Å². The van der Waals surface area contributed by atoms with Crippen LogP contribution in [0.5, 0.6) is 0 Å². The molecule has 3 aliphatic heterocycles. The van der Waals surface area contributed by atoms with Gasteiger partial charge in [0.15, 0.2) is 6.29 Å². The van der Waals surface area contributed by atoms with Gasteiger partial charge in [-0.3, -0.25) is 24.4 Å². The number of aliphatic hydroxyl groups excluding tert-OH is 3. The summed E-state index contributed by atoms with van der Waals surface area (Å²) < 4.78 is 19.4. The van der Waals surface area contributed by atoms with Gasteiger partial charge in [-0.1, -0.05) is 0 Å². The molecule has 3 fully saturated rings. The van der Waals surface area contributed by atoms with Crippen LogP contribution < -0.4 is 21.2 Å². The number of amides is 2. The van der Waals surface area contributed by atoms with E-state index in [1.54, 1.807) is 43.0 Å². The Bertz CT molecular complexity index is 1440. The molecule has 0 radical (unpaired) electrons. The van der Waals surface area contributed by atoms with Gasteiger partial charge >= 0.3 is 5.69 Å². The second-order valence-electron chi connectivity index (χ2n) is 12.3. The zero-order valence-corrected chi connectivity index (χ0v) is 26.0. The van der Waals surface area contributed by atoms with Crippen molar-refractivity contribution in [1.82, 2.24) is 19.8 Å². The standard InChI is InChI=1S/C30H42N6O9/c1-16-20(45-27-25(39)24(38)23(34(4)5)17(2)44-27)10-11-22(43-16)35-13-12-21(33-29(35)42)32-26(40)18-6-8-19(9-7-18)36-15-31-30(3,14-37)28(36)41/h6-9,12-13,16-17,20,22-25,27,31,37-39H,10-11,14-15H2,1-5H3,(H,32,33,40,42)/t16-,17-,20+,22-,23-,24+,25-,27-,30+/m1/s1. The van der Waals surface area contributed by atoms with Gasteiger partial charge in [-0.2, -0.15) is 4.98 Å². The predicted molar refractivity (Wildman–Crippen MR) is 161 cm³/mol. The zero-order valence-electron chi connectivity index (χ0n) is 26.0. The summed E-state index contributed by atoms with van der Waals surface area (Å²) in [5, 5.41) is 36.4. The summed E-state index contributed by atoms with van der Waals surface area (Å²) in [5.41, 5.74) is -0.783. The van der Waals surface area contributed by atoms with E-state index in [2.05, 4.69) is 15.6 Å². The molecule has 5 rings (SSSR count). The highest BCUT2D eigenvalue weighted by molar-refractivity contribution is 6.05. The minimum Gasteiger partial charge on any atom is -0.394 e. The quantitative estimate of drug-likeness (QED) is 0.255. The van der Waals surface area contributed by atoms with Crippen LogP contribution in [0.3, 0.4) is 0 Å². The largest absolute Gasteiger partial charge is 0.394 e. The van der Waals surface area contributed by atoms with E-state index in [0.717, 1.165) is 0 Å². The average molecular weight is 631 g/mol. The molecule has 5 N–H and O–H groups in total. The molecule has 45 heavy (non-hydrogen) atoms. The third-order valence-corrected chi connectivity index (χ3v) is 8.79. The van der Waals surface area contributed by atoms with Crippen LogP contribution in [0.2, 0.25) is 0 Å². The molecule has 1 aromatic carbocycles. The zero-order chi connectivity index (χ0) is 32.6. The molecule has 2 amide bonds. The van der Waals surface area contributed by atoms with E-state index in [-0.39, 0.29) is 37.1 Å². The fraction of sp³-hybridized carbons (Fsp3) is 0.600. The molecular weight excluding hydrogens is 588 g/mol. The number of hydrogen-bond donors (Lipinski definition) is 5. The second-order valence-corrected chi connectivity index (χ2v) is 12.3. The summed E-state index contributed by atoms with van der Waals surface area (Å²) in [5.74, 6) is -0.681. The SMILES string of the molecule is C[C@H]1O[C@H](O[C@H]2CC[C@H](n3ccc(NC(=O)c4ccc(N5CN[C@@](C)(CO)C5=O)cc4)nc3=O)O[C@@H]2C)[C@H](O)[C@@H](O)[C@@H]1N(C)C. The Kier molecular flexibility index (Phi) is 9.72. The number of carbonyl (C=O) groups is 2. The number of hydrogen-bond acceptors (Lipinski definition) is 12. The molecule has 3 aliphatic rings. The molecule has 0 aliphatic carbocycles. The smallest absolute Gasteiger partial charge is 0.351 e. The molecule has 15 heteroatoms. The molecule has 0 unspecified atom stereocenters. The first-order chi connectivity index (χ1) is 21.3. The van der Waals surface area contributed by atoms with Gasteiger partial charge in [-0.25, -0.2) is 4.79 Å². The number of nitrogens with zero attached hydrogens (tertiary/aromatic N) is 4. The maximum atomic E-state index is 12.9. The van der Waals surface area contributed by atoms with Crippen LogP contribution >= 0.6 is 0 Å². The molecule has 3 saturated heterocycles. The van der Waals surface area contributed by atoms with Crippen LogP contribution in [0, 0.1) is 0 Å². The normalized spacial score (nSPS) is 33.9. The van der Waals surface area contributed by atoms with E-state index >= 15 is 0 Å². The molecular formula is C30H42N6O9. The molecule has 0 spiro atoms. The van der Waals surface area contributed by atoms with Gasteiger partial charge in [0.05, 0.1) is 37.6 Å². The monoisotopic (exact) mass is 630 g/mol. The molecule has 9 atom stereocenters. The third-order valence-electron chi connectivity index (χ3n) is 8.79. The van der Waals surface area contributed by atoms with Crippen molar-refractivity contribution < 1.29 is 39.1 Å². The Labute approximate surface area is 260 Å². The van der Waals surface area contributed by atoms with Crippen LogP contribution in [0.1, 0.15) is 50.2 Å². The Morgan fingerprint density at radius 2 is 1.82 bits per heavy atom. The Morgan fingerprint density at radius 3 is 2.42 bits per heavy atom. The molecule has 0 bridgehead atoms. The van der Waals surface area contributed by atoms with Crippen molar-refractivity contribution in [2.45, 2.75) is 88.2 Å². The number of ether oxygens (including phenoxy) is 3. The van der Waals surface area contributed by atoms with E-state index in [9.17, 15) is 29.7 Å². The van der Waals surface area contributed by atoms with Crippen molar-refractivity contribution in [3.05, 3.63) is 52.6 Å². The van der Waals surface area contributed by atoms with E-state index in [1.807, 2.05) is 21.0 Å². The summed E-state index contributed by atoms with van der Waals surface area (Å²) in [6.45, 7) is 5.14. The number of carbonyl (C=O) groups excluding carboxylic acids is 2. The molecule has 1 aromatic heterocycles. The Morgan fingerprint density at radius 1 is 1.11 bits per heavy atom. The summed E-state index contributed by atoms with van der Waals surface area (Å²) in [4.78, 5) is 45.7. The Balaban J connectivity index is 1.16. The van der Waals surface area contributed by atoms with Crippen LogP contribution in [-0.4, -0.2) is 117 Å². The molecule has 0 saturated carbocycles. The molecule has 246 valence electrons. The Hall–Kier alpha value is -3.28. The first kappa shape index (κ1) is 33.1. The molecule has 2 aromatic rings. The number of anilines is 2. The van der Waals surface area contributed by atoms with E-state index in [4.69, 9.17) is 14.2 Å². The van der Waals surface area contributed by atoms with Gasteiger partial charge in [0.25, 0.3) is 11.8 Å². The molecule has 15 nitrogen and oxygen atoms in total. The van der Waals surface area contributed by atoms with Crippen molar-refractivity contribution in [2.75, 3.05) is 37.6 Å². The maximum absolute atomic E-state index is 12.9. The second kappa shape index (κ2) is 13.2. The number of benzene rings is 1. The average Bonchev–Trinajstić information content (AvgIpc) is 3.30. The van der Waals surface area contributed by atoms with E-state index in [1.165, 1.54) is 21.7 Å². The van der Waals surface area contributed by atoms with Gasteiger partial charge in [-0.15, -0.1) is 0 Å². The fourth-order valence-corrected chi connectivity index (χ4v) is 6.07. The van der Waals surface area contributed by atoms with Gasteiger partial charge in [-0.05, 0) is 78.0 Å². The maximum Gasteiger partial charge on any atom is 0.351 e. The lowest BCUT2D eigenvalue weighted by Crippen LogP contribution is -2.62. The number of rotatable bonds is 8. The van der Waals surface area contributed by atoms with Crippen LogP contribution in [0.15, 0.2) is 41.3 Å². The lowest BCUT2D eigenvalue weighted by Gasteiger charge is -2.46.